The van der Waals surface area contributed by atoms with Crippen LogP contribution in [0.2, 0.25) is 25.7 Å². The first-order valence-corrected chi connectivity index (χ1v) is 11.0. The van der Waals surface area contributed by atoms with Gasteiger partial charge in [-0.2, -0.15) is 5.10 Å². The van der Waals surface area contributed by atoms with Crippen molar-refractivity contribution in [2.45, 2.75) is 45.3 Å². The number of nitrogens with zero attached hydrogens (tertiary/aromatic N) is 3. The maximum atomic E-state index is 5.77. The highest BCUT2D eigenvalue weighted by Crippen LogP contribution is 2.09. The molecule has 0 spiro atoms. The Morgan fingerprint density at radius 2 is 2.14 bits per heavy atom. The minimum absolute atomic E-state index is 0.531. The molecule has 0 saturated heterocycles. The average Bonchev–Trinajstić information content (AvgIpc) is 3.00. The number of nitrogen functional groups attached to an aromatic ring is 1. The molecule has 0 aliphatic carbocycles. The van der Waals surface area contributed by atoms with Crippen LogP contribution in [-0.4, -0.2) is 34.4 Å². The Kier molecular flexibility index (Phi) is 5.19. The van der Waals surface area contributed by atoms with E-state index in [0.29, 0.717) is 12.5 Å². The van der Waals surface area contributed by atoms with Crippen LogP contribution in [0.1, 0.15) is 11.5 Å². The van der Waals surface area contributed by atoms with Gasteiger partial charge in [0.2, 0.25) is 0 Å². The zero-order chi connectivity index (χ0) is 15.3. The van der Waals surface area contributed by atoms with Crippen molar-refractivity contribution >= 4 is 13.9 Å². The summed E-state index contributed by atoms with van der Waals surface area (Å²) >= 11 is 0. The summed E-state index contributed by atoms with van der Waals surface area (Å²) in [5, 5.41) is 6.84. The Morgan fingerprint density at radius 1 is 1.33 bits per heavy atom. The maximum absolute atomic E-state index is 5.77. The zero-order valence-electron chi connectivity index (χ0n) is 13.1. The first kappa shape index (κ1) is 15.8. The number of rotatable bonds is 8. The number of nitrogens with two attached hydrogens (primary N) is 1. The van der Waals surface area contributed by atoms with Gasteiger partial charge in [0.1, 0.15) is 18.4 Å². The van der Waals surface area contributed by atoms with Gasteiger partial charge in [-0.3, -0.25) is 5.10 Å². The number of aromatic amines is 1. The zero-order valence-corrected chi connectivity index (χ0v) is 14.1. The fourth-order valence-corrected chi connectivity index (χ4v) is 2.74. The van der Waals surface area contributed by atoms with Gasteiger partial charge in [0.25, 0.3) is 0 Å². The van der Waals surface area contributed by atoms with E-state index < -0.39 is 8.07 Å². The van der Waals surface area contributed by atoms with E-state index in [9.17, 15) is 0 Å². The molecule has 2 rings (SSSR count). The normalized spacial score (nSPS) is 12.0. The van der Waals surface area contributed by atoms with E-state index in [1.54, 1.807) is 0 Å². The van der Waals surface area contributed by atoms with Crippen molar-refractivity contribution in [3.05, 3.63) is 30.0 Å². The standard InChI is InChI=1S/C14H25N5OSi/c1-21(2,3)9-8-20-11-19-7-6-16-14(19)5-4-12-10-13(15)18-17-12/h6-7,10H,4-5,8-9,11H2,1-3H3,(H3,15,17,18). The van der Waals surface area contributed by atoms with Crippen LogP contribution in [-0.2, 0) is 24.3 Å². The van der Waals surface area contributed by atoms with Crippen LogP contribution in [0, 0.1) is 0 Å². The van der Waals surface area contributed by atoms with E-state index >= 15 is 0 Å². The molecule has 0 bridgehead atoms. The number of H-pyrrole nitrogens is 1. The molecule has 0 fully saturated rings. The van der Waals surface area contributed by atoms with Crippen LogP contribution in [0.3, 0.4) is 0 Å². The van der Waals surface area contributed by atoms with E-state index in [-0.39, 0.29) is 0 Å². The molecule has 0 saturated carbocycles. The van der Waals surface area contributed by atoms with E-state index in [0.717, 1.165) is 31.0 Å². The molecule has 0 radical (unpaired) electrons. The summed E-state index contributed by atoms with van der Waals surface area (Å²) in [5.41, 5.74) is 6.62. The molecule has 116 valence electrons. The largest absolute Gasteiger partial charge is 0.382 e. The van der Waals surface area contributed by atoms with Crippen LogP contribution < -0.4 is 5.73 Å². The van der Waals surface area contributed by atoms with Crippen molar-refractivity contribution < 1.29 is 4.74 Å². The van der Waals surface area contributed by atoms with Gasteiger partial charge in [-0.1, -0.05) is 19.6 Å². The predicted molar refractivity (Wildman–Crippen MR) is 86.7 cm³/mol. The van der Waals surface area contributed by atoms with Crippen LogP contribution in [0.4, 0.5) is 5.82 Å². The molecule has 0 atom stereocenters. The smallest absolute Gasteiger partial charge is 0.145 e. The van der Waals surface area contributed by atoms with Crippen LogP contribution >= 0.6 is 0 Å². The quantitative estimate of drug-likeness (QED) is 0.579. The highest BCUT2D eigenvalue weighted by Gasteiger charge is 2.12. The number of hydrogen-bond acceptors (Lipinski definition) is 4. The fraction of sp³-hybridized carbons (Fsp3) is 0.571. The van der Waals surface area contributed by atoms with Crippen molar-refractivity contribution in [2.75, 3.05) is 12.3 Å². The molecule has 2 aromatic heterocycles. The Morgan fingerprint density at radius 3 is 2.81 bits per heavy atom. The molecule has 0 aliphatic rings. The SMILES string of the molecule is C[Si](C)(C)CCOCn1ccnc1CCc1cc(N)n[nH]1. The lowest BCUT2D eigenvalue weighted by atomic mass is 10.2. The van der Waals surface area contributed by atoms with E-state index in [2.05, 4.69) is 39.4 Å². The molecular formula is C14H25N5OSi. The lowest BCUT2D eigenvalue weighted by Crippen LogP contribution is -2.22. The Labute approximate surface area is 126 Å². The summed E-state index contributed by atoms with van der Waals surface area (Å²) in [4.78, 5) is 4.39. The third kappa shape index (κ3) is 5.35. The summed E-state index contributed by atoms with van der Waals surface area (Å²) in [6.45, 7) is 8.47. The summed E-state index contributed by atoms with van der Waals surface area (Å²) in [5.74, 6) is 1.55. The fourth-order valence-electron chi connectivity index (χ4n) is 1.98. The summed E-state index contributed by atoms with van der Waals surface area (Å²) in [6.07, 6.45) is 5.46. The van der Waals surface area contributed by atoms with Crippen LogP contribution in [0.15, 0.2) is 18.5 Å². The summed E-state index contributed by atoms with van der Waals surface area (Å²) in [6, 6.07) is 3.04. The van der Waals surface area contributed by atoms with Crippen molar-refractivity contribution in [3.8, 4) is 0 Å². The number of aryl methyl sites for hydroxylation is 2. The lowest BCUT2D eigenvalue weighted by molar-refractivity contribution is 0.0851. The van der Waals surface area contributed by atoms with E-state index in [1.165, 1.54) is 6.04 Å². The minimum atomic E-state index is -1.02. The monoisotopic (exact) mass is 307 g/mol. The number of imidazole rings is 1. The number of anilines is 1. The maximum Gasteiger partial charge on any atom is 0.145 e. The summed E-state index contributed by atoms with van der Waals surface area (Å²) < 4.78 is 7.83. The van der Waals surface area contributed by atoms with Crippen molar-refractivity contribution in [1.29, 1.82) is 0 Å². The lowest BCUT2D eigenvalue weighted by Gasteiger charge is -2.16. The number of ether oxygens (including phenoxy) is 1. The van der Waals surface area contributed by atoms with Gasteiger partial charge in [0.05, 0.1) is 0 Å². The van der Waals surface area contributed by atoms with Crippen molar-refractivity contribution in [3.63, 3.8) is 0 Å². The van der Waals surface area contributed by atoms with Gasteiger partial charge in [-0.05, 0) is 12.5 Å². The number of aromatic nitrogens is 4. The topological polar surface area (TPSA) is 81.8 Å². The molecule has 21 heavy (non-hydrogen) atoms. The minimum Gasteiger partial charge on any atom is -0.382 e. The molecule has 0 aliphatic heterocycles. The molecule has 3 N–H and O–H groups in total. The van der Waals surface area contributed by atoms with Crippen LogP contribution in [0.5, 0.6) is 0 Å². The first-order chi connectivity index (χ1) is 9.94. The average molecular weight is 307 g/mol. The van der Waals surface area contributed by atoms with E-state index in [1.807, 2.05) is 18.5 Å². The molecule has 2 aromatic rings. The van der Waals surface area contributed by atoms with Gasteiger partial charge in [-0.25, -0.2) is 4.98 Å². The van der Waals surface area contributed by atoms with Gasteiger partial charge >= 0.3 is 0 Å². The number of hydrogen-bond donors (Lipinski definition) is 2. The summed E-state index contributed by atoms with van der Waals surface area (Å²) in [7, 11) is -1.02. The Balaban J connectivity index is 1.78. The van der Waals surface area contributed by atoms with Crippen LogP contribution in [0.25, 0.3) is 0 Å². The second-order valence-electron chi connectivity index (χ2n) is 6.48. The van der Waals surface area contributed by atoms with Gasteiger partial charge in [0.15, 0.2) is 0 Å². The molecule has 7 heteroatoms. The highest BCUT2D eigenvalue weighted by atomic mass is 28.3. The second kappa shape index (κ2) is 6.90. The molecule has 0 amide bonds. The highest BCUT2D eigenvalue weighted by molar-refractivity contribution is 6.76. The predicted octanol–water partition coefficient (Wildman–Crippen LogP) is 2.29. The molecule has 0 unspecified atom stereocenters. The Bertz CT molecular complexity index is 558. The van der Waals surface area contributed by atoms with E-state index in [4.69, 9.17) is 10.5 Å². The third-order valence-corrected chi connectivity index (χ3v) is 5.00. The van der Waals surface area contributed by atoms with Gasteiger partial charge in [0, 0.05) is 45.3 Å². The molecular weight excluding hydrogens is 282 g/mol. The second-order valence-corrected chi connectivity index (χ2v) is 12.1. The molecule has 0 aromatic carbocycles. The van der Waals surface area contributed by atoms with Crippen molar-refractivity contribution in [1.82, 2.24) is 19.7 Å². The molecule has 2 heterocycles. The molecule has 6 nitrogen and oxygen atoms in total. The first-order valence-electron chi connectivity index (χ1n) is 7.31. The Hall–Kier alpha value is -1.60. The third-order valence-electron chi connectivity index (χ3n) is 3.30. The van der Waals surface area contributed by atoms with Gasteiger partial charge < -0.3 is 15.0 Å². The van der Waals surface area contributed by atoms with Gasteiger partial charge in [-0.15, -0.1) is 0 Å². The van der Waals surface area contributed by atoms with Crippen molar-refractivity contribution in [2.24, 2.45) is 0 Å². The number of nitrogens with one attached hydrogen (secondary N) is 1.